The molecule has 0 unspecified atom stereocenters. The SMILES string of the molecule is CCOc1ccc(/C=C2\NC(=O)N(CC(=O)Nc3ccc(C)cc3)C2=O)cc1. The number of amides is 4. The number of nitrogens with one attached hydrogen (secondary N) is 2. The third kappa shape index (κ3) is 4.56. The zero-order valence-electron chi connectivity index (χ0n) is 15.7. The number of carbonyl (C=O) groups excluding carboxylic acids is 3. The van der Waals surface area contributed by atoms with Gasteiger partial charge in [-0.2, -0.15) is 0 Å². The third-order valence-corrected chi connectivity index (χ3v) is 4.10. The van der Waals surface area contributed by atoms with Gasteiger partial charge in [-0.05, 0) is 49.8 Å². The van der Waals surface area contributed by atoms with Crippen molar-refractivity contribution in [3.8, 4) is 5.75 Å². The number of benzene rings is 2. The second-order valence-electron chi connectivity index (χ2n) is 6.30. The van der Waals surface area contributed by atoms with Gasteiger partial charge in [0.2, 0.25) is 5.91 Å². The Balaban J connectivity index is 1.65. The molecule has 1 saturated heterocycles. The van der Waals surface area contributed by atoms with Gasteiger partial charge in [0.1, 0.15) is 18.0 Å². The zero-order valence-corrected chi connectivity index (χ0v) is 15.7. The lowest BCUT2D eigenvalue weighted by atomic mass is 10.2. The van der Waals surface area contributed by atoms with Gasteiger partial charge >= 0.3 is 6.03 Å². The number of ether oxygens (including phenoxy) is 1. The van der Waals surface area contributed by atoms with Gasteiger partial charge in [0, 0.05) is 5.69 Å². The van der Waals surface area contributed by atoms with E-state index in [1.807, 2.05) is 26.0 Å². The summed E-state index contributed by atoms with van der Waals surface area (Å²) in [5.41, 5.74) is 2.53. The van der Waals surface area contributed by atoms with Crippen molar-refractivity contribution in [2.45, 2.75) is 13.8 Å². The van der Waals surface area contributed by atoms with Crippen LogP contribution in [0.2, 0.25) is 0 Å². The quantitative estimate of drug-likeness (QED) is 0.597. The molecule has 1 aliphatic heterocycles. The normalized spacial score (nSPS) is 14.9. The lowest BCUT2D eigenvalue weighted by molar-refractivity contribution is -0.127. The first-order valence-corrected chi connectivity index (χ1v) is 8.90. The number of imide groups is 1. The topological polar surface area (TPSA) is 87.7 Å². The fourth-order valence-electron chi connectivity index (χ4n) is 2.69. The molecule has 0 aliphatic carbocycles. The Morgan fingerprint density at radius 2 is 1.79 bits per heavy atom. The molecule has 2 N–H and O–H groups in total. The van der Waals surface area contributed by atoms with E-state index < -0.39 is 17.8 Å². The number of anilines is 1. The molecule has 0 saturated carbocycles. The summed E-state index contributed by atoms with van der Waals surface area (Å²) in [6, 6.07) is 13.7. The molecule has 7 nitrogen and oxygen atoms in total. The van der Waals surface area contributed by atoms with Crippen molar-refractivity contribution in [3.05, 3.63) is 65.4 Å². The minimum atomic E-state index is -0.624. The summed E-state index contributed by atoms with van der Waals surface area (Å²) in [4.78, 5) is 37.7. The summed E-state index contributed by atoms with van der Waals surface area (Å²) >= 11 is 0. The fraction of sp³-hybridized carbons (Fsp3) is 0.190. The Hall–Kier alpha value is -3.61. The molecule has 1 fully saturated rings. The first-order valence-electron chi connectivity index (χ1n) is 8.90. The van der Waals surface area contributed by atoms with E-state index >= 15 is 0 Å². The lowest BCUT2D eigenvalue weighted by Gasteiger charge is -2.12. The molecule has 7 heteroatoms. The Morgan fingerprint density at radius 3 is 2.43 bits per heavy atom. The molecule has 0 aromatic heterocycles. The first kappa shape index (κ1) is 19.2. The molecule has 1 aliphatic rings. The predicted molar refractivity (Wildman–Crippen MR) is 106 cm³/mol. The number of carbonyl (C=O) groups is 3. The van der Waals surface area contributed by atoms with E-state index in [9.17, 15) is 14.4 Å². The van der Waals surface area contributed by atoms with Gasteiger partial charge in [-0.3, -0.25) is 9.59 Å². The second-order valence-corrected chi connectivity index (χ2v) is 6.30. The average molecular weight is 379 g/mol. The van der Waals surface area contributed by atoms with E-state index in [0.29, 0.717) is 12.3 Å². The first-order chi connectivity index (χ1) is 13.5. The van der Waals surface area contributed by atoms with Crippen LogP contribution in [0.5, 0.6) is 5.75 Å². The summed E-state index contributed by atoms with van der Waals surface area (Å²) in [7, 11) is 0. The van der Waals surface area contributed by atoms with Crippen molar-refractivity contribution in [1.29, 1.82) is 0 Å². The van der Waals surface area contributed by atoms with E-state index in [1.54, 1.807) is 42.5 Å². The number of rotatable bonds is 6. The molecular weight excluding hydrogens is 358 g/mol. The number of hydrogen-bond acceptors (Lipinski definition) is 4. The zero-order chi connectivity index (χ0) is 20.1. The summed E-state index contributed by atoms with van der Waals surface area (Å²) < 4.78 is 5.38. The maximum Gasteiger partial charge on any atom is 0.329 e. The molecule has 0 bridgehead atoms. The second kappa shape index (κ2) is 8.39. The van der Waals surface area contributed by atoms with Gasteiger partial charge in [0.15, 0.2) is 0 Å². The summed E-state index contributed by atoms with van der Waals surface area (Å²) in [6.07, 6.45) is 1.56. The highest BCUT2D eigenvalue weighted by Gasteiger charge is 2.34. The van der Waals surface area contributed by atoms with Crippen LogP contribution in [0, 0.1) is 6.92 Å². The summed E-state index contributed by atoms with van der Waals surface area (Å²) in [5, 5.41) is 5.18. The average Bonchev–Trinajstić information content (AvgIpc) is 2.93. The van der Waals surface area contributed by atoms with E-state index in [1.165, 1.54) is 0 Å². The number of aryl methyl sites for hydroxylation is 1. The molecular formula is C21H21N3O4. The van der Waals surface area contributed by atoms with Crippen molar-refractivity contribution >= 4 is 29.6 Å². The van der Waals surface area contributed by atoms with Crippen LogP contribution in [-0.4, -0.2) is 35.9 Å². The van der Waals surface area contributed by atoms with Crippen molar-refractivity contribution in [1.82, 2.24) is 10.2 Å². The maximum atomic E-state index is 12.5. The maximum absolute atomic E-state index is 12.5. The smallest absolute Gasteiger partial charge is 0.329 e. The minimum absolute atomic E-state index is 0.122. The van der Waals surface area contributed by atoms with Crippen LogP contribution in [0.3, 0.4) is 0 Å². The van der Waals surface area contributed by atoms with Gasteiger partial charge in [0.25, 0.3) is 5.91 Å². The molecule has 4 amide bonds. The Kier molecular flexibility index (Phi) is 5.74. The number of nitrogens with zero attached hydrogens (tertiary/aromatic N) is 1. The van der Waals surface area contributed by atoms with Crippen LogP contribution in [0.4, 0.5) is 10.5 Å². The molecule has 28 heavy (non-hydrogen) atoms. The Bertz CT molecular complexity index is 918. The largest absolute Gasteiger partial charge is 0.494 e. The molecule has 0 spiro atoms. The Morgan fingerprint density at radius 1 is 1.11 bits per heavy atom. The van der Waals surface area contributed by atoms with Crippen LogP contribution >= 0.6 is 0 Å². The van der Waals surface area contributed by atoms with Crippen molar-refractivity contribution < 1.29 is 19.1 Å². The highest BCUT2D eigenvalue weighted by atomic mass is 16.5. The van der Waals surface area contributed by atoms with E-state index in [-0.39, 0.29) is 12.2 Å². The molecule has 0 radical (unpaired) electrons. The van der Waals surface area contributed by atoms with E-state index in [2.05, 4.69) is 10.6 Å². The van der Waals surface area contributed by atoms with Crippen LogP contribution in [-0.2, 0) is 9.59 Å². The van der Waals surface area contributed by atoms with Crippen molar-refractivity contribution in [2.24, 2.45) is 0 Å². The highest BCUT2D eigenvalue weighted by Crippen LogP contribution is 2.17. The molecule has 3 rings (SSSR count). The van der Waals surface area contributed by atoms with Crippen LogP contribution in [0.15, 0.2) is 54.2 Å². The van der Waals surface area contributed by atoms with E-state index in [0.717, 1.165) is 21.8 Å². The Labute approximate surface area is 163 Å². The van der Waals surface area contributed by atoms with Crippen LogP contribution in [0.25, 0.3) is 6.08 Å². The monoisotopic (exact) mass is 379 g/mol. The number of urea groups is 1. The fourth-order valence-corrected chi connectivity index (χ4v) is 2.69. The van der Waals surface area contributed by atoms with Gasteiger partial charge in [-0.15, -0.1) is 0 Å². The minimum Gasteiger partial charge on any atom is -0.494 e. The van der Waals surface area contributed by atoms with Gasteiger partial charge in [0.05, 0.1) is 6.61 Å². The molecule has 2 aromatic rings. The van der Waals surface area contributed by atoms with Crippen molar-refractivity contribution in [2.75, 3.05) is 18.5 Å². The molecule has 144 valence electrons. The number of hydrogen-bond donors (Lipinski definition) is 2. The van der Waals surface area contributed by atoms with Crippen LogP contribution in [0.1, 0.15) is 18.1 Å². The van der Waals surface area contributed by atoms with Gasteiger partial charge < -0.3 is 15.4 Å². The molecule has 0 atom stereocenters. The van der Waals surface area contributed by atoms with Gasteiger partial charge in [-0.25, -0.2) is 9.69 Å². The summed E-state index contributed by atoms with van der Waals surface area (Å²) in [5.74, 6) is -0.270. The predicted octanol–water partition coefficient (Wildman–Crippen LogP) is 2.93. The highest BCUT2D eigenvalue weighted by molar-refractivity contribution is 6.15. The molecule has 1 heterocycles. The molecule has 2 aromatic carbocycles. The van der Waals surface area contributed by atoms with E-state index in [4.69, 9.17) is 4.74 Å². The van der Waals surface area contributed by atoms with Crippen LogP contribution < -0.4 is 15.4 Å². The van der Waals surface area contributed by atoms with Gasteiger partial charge in [-0.1, -0.05) is 29.8 Å². The van der Waals surface area contributed by atoms with Crippen molar-refractivity contribution in [3.63, 3.8) is 0 Å². The lowest BCUT2D eigenvalue weighted by Crippen LogP contribution is -2.38. The third-order valence-electron chi connectivity index (χ3n) is 4.10. The summed E-state index contributed by atoms with van der Waals surface area (Å²) in [6.45, 7) is 4.04. The standard InChI is InChI=1S/C21H21N3O4/c1-3-28-17-10-6-15(7-11-17)12-18-20(26)24(21(27)23-18)13-19(25)22-16-8-4-14(2)5-9-16/h4-12H,3,13H2,1-2H3,(H,22,25)(H,23,27)/b18-12-.